The summed E-state index contributed by atoms with van der Waals surface area (Å²) in [5, 5.41) is 21.8. The van der Waals surface area contributed by atoms with Crippen LogP contribution in [0.1, 0.15) is 43.4 Å². The molecule has 0 amide bonds. The summed E-state index contributed by atoms with van der Waals surface area (Å²) < 4.78 is 0. The lowest BCUT2D eigenvalue weighted by atomic mass is 9.96. The molecule has 1 aliphatic rings. The van der Waals surface area contributed by atoms with Gasteiger partial charge in [0.05, 0.1) is 11.6 Å². The van der Waals surface area contributed by atoms with Crippen LogP contribution in [0, 0.1) is 23.2 Å². The Morgan fingerprint density at radius 3 is 2.95 bits per heavy atom. The normalized spacial score (nSPS) is 24.1. The second-order valence-corrected chi connectivity index (χ2v) is 5.50. The van der Waals surface area contributed by atoms with Gasteiger partial charge >= 0.3 is 0 Å². The van der Waals surface area contributed by atoms with E-state index in [1.165, 1.54) is 12.8 Å². The Balaban J connectivity index is 1.90. The topological polar surface area (TPSA) is 56.0 Å². The van der Waals surface area contributed by atoms with E-state index in [9.17, 15) is 5.11 Å². The lowest BCUT2D eigenvalue weighted by Crippen LogP contribution is -2.28. The number of aliphatic hydroxyl groups excluding tert-OH is 1. The fourth-order valence-corrected chi connectivity index (χ4v) is 2.95. The number of hydrogen-bond donors (Lipinski definition) is 2. The molecular formula is C16H22N2O. The van der Waals surface area contributed by atoms with Crippen LogP contribution in [0.15, 0.2) is 24.3 Å². The first kappa shape index (κ1) is 14.0. The third-order valence-corrected chi connectivity index (χ3v) is 4.25. The quantitative estimate of drug-likeness (QED) is 0.853. The van der Waals surface area contributed by atoms with Crippen molar-refractivity contribution in [1.29, 1.82) is 5.26 Å². The van der Waals surface area contributed by atoms with Crippen molar-refractivity contribution >= 4 is 0 Å². The lowest BCUT2D eigenvalue weighted by molar-refractivity contribution is 0.190. The summed E-state index contributed by atoms with van der Waals surface area (Å²) in [6.45, 7) is 3.38. The van der Waals surface area contributed by atoms with Gasteiger partial charge in [0.15, 0.2) is 0 Å². The van der Waals surface area contributed by atoms with Crippen molar-refractivity contribution in [3.05, 3.63) is 35.4 Å². The van der Waals surface area contributed by atoms with E-state index >= 15 is 0 Å². The first-order chi connectivity index (χ1) is 9.24. The van der Waals surface area contributed by atoms with Crippen LogP contribution >= 0.6 is 0 Å². The molecular weight excluding hydrogens is 236 g/mol. The van der Waals surface area contributed by atoms with Gasteiger partial charge in [0.1, 0.15) is 0 Å². The molecule has 1 aromatic rings. The predicted octanol–water partition coefficient (Wildman–Crippen LogP) is 2.62. The monoisotopic (exact) mass is 258 g/mol. The van der Waals surface area contributed by atoms with E-state index in [4.69, 9.17) is 5.26 Å². The Hall–Kier alpha value is -1.37. The maximum absolute atomic E-state index is 9.32. The van der Waals surface area contributed by atoms with E-state index in [2.05, 4.69) is 24.4 Å². The van der Waals surface area contributed by atoms with Crippen molar-refractivity contribution in [3.8, 4) is 6.07 Å². The highest BCUT2D eigenvalue weighted by atomic mass is 16.3. The van der Waals surface area contributed by atoms with E-state index in [0.29, 0.717) is 24.0 Å². The van der Waals surface area contributed by atoms with Crippen molar-refractivity contribution in [2.24, 2.45) is 11.8 Å². The number of nitrogens with zero attached hydrogens (tertiary/aromatic N) is 1. The Labute approximate surface area is 115 Å². The molecule has 1 saturated carbocycles. The van der Waals surface area contributed by atoms with Gasteiger partial charge in [-0.1, -0.05) is 18.6 Å². The fraction of sp³-hybridized carbons (Fsp3) is 0.562. The van der Waals surface area contributed by atoms with Crippen molar-refractivity contribution in [3.63, 3.8) is 0 Å². The van der Waals surface area contributed by atoms with Gasteiger partial charge in [-0.15, -0.1) is 0 Å². The van der Waals surface area contributed by atoms with Gasteiger partial charge in [-0.05, 0) is 55.8 Å². The van der Waals surface area contributed by atoms with Crippen molar-refractivity contribution in [2.45, 2.75) is 32.2 Å². The van der Waals surface area contributed by atoms with Gasteiger partial charge in [0, 0.05) is 12.6 Å². The van der Waals surface area contributed by atoms with Crippen LogP contribution in [0.4, 0.5) is 0 Å². The average Bonchev–Trinajstić information content (AvgIpc) is 2.92. The van der Waals surface area contributed by atoms with Crippen molar-refractivity contribution < 1.29 is 5.11 Å². The minimum absolute atomic E-state index is 0.244. The molecule has 1 fully saturated rings. The number of nitrogens with one attached hydrogen (secondary N) is 1. The van der Waals surface area contributed by atoms with Gasteiger partial charge < -0.3 is 10.4 Å². The number of rotatable bonds is 5. The minimum atomic E-state index is 0.244. The SMILES string of the molecule is CC(NCC1CCCC1CO)c1cccc(C#N)c1. The van der Waals surface area contributed by atoms with E-state index < -0.39 is 0 Å². The Morgan fingerprint density at radius 1 is 1.42 bits per heavy atom. The molecule has 102 valence electrons. The molecule has 0 spiro atoms. The van der Waals surface area contributed by atoms with Gasteiger partial charge in [0.25, 0.3) is 0 Å². The van der Waals surface area contributed by atoms with Crippen LogP contribution in [0.3, 0.4) is 0 Å². The van der Waals surface area contributed by atoms with Gasteiger partial charge in [-0.3, -0.25) is 0 Å². The average molecular weight is 258 g/mol. The Morgan fingerprint density at radius 2 is 2.21 bits per heavy atom. The summed E-state index contributed by atoms with van der Waals surface area (Å²) in [6.07, 6.45) is 3.60. The van der Waals surface area contributed by atoms with Crippen molar-refractivity contribution in [2.75, 3.05) is 13.2 Å². The van der Waals surface area contributed by atoms with Gasteiger partial charge in [-0.2, -0.15) is 5.26 Å². The second kappa shape index (κ2) is 6.70. The summed E-state index contributed by atoms with van der Waals surface area (Å²) in [7, 11) is 0. The van der Waals surface area contributed by atoms with E-state index in [1.807, 2.05) is 18.2 Å². The molecule has 3 atom stereocenters. The zero-order valence-electron chi connectivity index (χ0n) is 11.5. The molecule has 0 radical (unpaired) electrons. The number of benzene rings is 1. The molecule has 3 nitrogen and oxygen atoms in total. The van der Waals surface area contributed by atoms with Crippen LogP contribution in [-0.2, 0) is 0 Å². The summed E-state index contributed by atoms with van der Waals surface area (Å²) in [6, 6.07) is 10.2. The summed E-state index contributed by atoms with van der Waals surface area (Å²) in [5.41, 5.74) is 1.86. The zero-order valence-corrected chi connectivity index (χ0v) is 11.5. The van der Waals surface area contributed by atoms with Gasteiger partial charge in [0.2, 0.25) is 0 Å². The standard InChI is InChI=1S/C16H22N2O/c1-12(14-5-2-4-13(8-14)9-17)18-10-15-6-3-7-16(15)11-19/h2,4-5,8,12,15-16,18-19H,3,6-7,10-11H2,1H3. The molecule has 0 bridgehead atoms. The molecule has 3 unspecified atom stereocenters. The predicted molar refractivity (Wildman–Crippen MR) is 75.5 cm³/mol. The molecule has 0 saturated heterocycles. The second-order valence-electron chi connectivity index (χ2n) is 5.50. The van der Waals surface area contributed by atoms with E-state index in [-0.39, 0.29) is 6.04 Å². The molecule has 0 aromatic heterocycles. The van der Waals surface area contributed by atoms with Gasteiger partial charge in [-0.25, -0.2) is 0 Å². The Kier molecular flexibility index (Phi) is 4.95. The smallest absolute Gasteiger partial charge is 0.0991 e. The third-order valence-electron chi connectivity index (χ3n) is 4.25. The number of aliphatic hydroxyl groups is 1. The zero-order chi connectivity index (χ0) is 13.7. The van der Waals surface area contributed by atoms with Crippen LogP contribution in [0.2, 0.25) is 0 Å². The highest BCUT2D eigenvalue weighted by molar-refractivity contribution is 5.34. The summed E-state index contributed by atoms with van der Waals surface area (Å²) in [5.74, 6) is 1.05. The highest BCUT2D eigenvalue weighted by Crippen LogP contribution is 2.31. The first-order valence-corrected chi connectivity index (χ1v) is 7.09. The largest absolute Gasteiger partial charge is 0.396 e. The molecule has 0 heterocycles. The van der Waals surface area contributed by atoms with Crippen molar-refractivity contribution in [1.82, 2.24) is 5.32 Å². The fourth-order valence-electron chi connectivity index (χ4n) is 2.95. The van der Waals surface area contributed by atoms with Crippen LogP contribution in [0.5, 0.6) is 0 Å². The molecule has 19 heavy (non-hydrogen) atoms. The maximum Gasteiger partial charge on any atom is 0.0991 e. The Bertz CT molecular complexity index is 452. The molecule has 2 rings (SSSR count). The van der Waals surface area contributed by atoms with E-state index in [1.54, 1.807) is 0 Å². The summed E-state index contributed by atoms with van der Waals surface area (Å²) in [4.78, 5) is 0. The number of nitriles is 1. The molecule has 1 aromatic carbocycles. The van der Waals surface area contributed by atoms with Crippen LogP contribution in [0.25, 0.3) is 0 Å². The summed E-state index contributed by atoms with van der Waals surface area (Å²) >= 11 is 0. The van der Waals surface area contributed by atoms with E-state index in [0.717, 1.165) is 18.5 Å². The minimum Gasteiger partial charge on any atom is -0.396 e. The first-order valence-electron chi connectivity index (χ1n) is 7.09. The lowest BCUT2D eigenvalue weighted by Gasteiger charge is -2.21. The molecule has 3 heteroatoms. The highest BCUT2D eigenvalue weighted by Gasteiger charge is 2.26. The molecule has 2 N–H and O–H groups in total. The van der Waals surface area contributed by atoms with Crippen LogP contribution in [-0.4, -0.2) is 18.3 Å². The maximum atomic E-state index is 9.32. The molecule has 0 aliphatic heterocycles. The van der Waals surface area contributed by atoms with Crippen LogP contribution < -0.4 is 5.32 Å². The third kappa shape index (κ3) is 3.56. The molecule has 1 aliphatic carbocycles. The number of hydrogen-bond acceptors (Lipinski definition) is 3.